The highest BCUT2D eigenvalue weighted by atomic mass is 32.2. The van der Waals surface area contributed by atoms with Gasteiger partial charge in [-0.2, -0.15) is 0 Å². The molecule has 0 atom stereocenters. The van der Waals surface area contributed by atoms with Crippen molar-refractivity contribution in [1.29, 1.82) is 0 Å². The minimum absolute atomic E-state index is 0.0205. The van der Waals surface area contributed by atoms with Crippen LogP contribution in [-0.2, 0) is 16.1 Å². The highest BCUT2D eigenvalue weighted by molar-refractivity contribution is 7.99. The second kappa shape index (κ2) is 6.76. The van der Waals surface area contributed by atoms with Gasteiger partial charge >= 0.3 is 5.97 Å². The maximum absolute atomic E-state index is 10.7. The number of aromatic nitrogens is 2. The van der Waals surface area contributed by atoms with Crippen LogP contribution in [0.2, 0.25) is 0 Å². The molecule has 1 N–H and O–H groups in total. The predicted molar refractivity (Wildman–Crippen MR) is 79.3 cm³/mol. The molecule has 5 nitrogen and oxygen atoms in total. The van der Waals surface area contributed by atoms with E-state index in [4.69, 9.17) is 9.84 Å². The summed E-state index contributed by atoms with van der Waals surface area (Å²) in [6.07, 6.45) is 0.872. The summed E-state index contributed by atoms with van der Waals surface area (Å²) in [5.74, 6) is -0.811. The molecule has 6 heteroatoms. The Morgan fingerprint density at radius 1 is 1.50 bits per heavy atom. The van der Waals surface area contributed by atoms with Crippen LogP contribution in [0.5, 0.6) is 0 Å². The van der Waals surface area contributed by atoms with Crippen LogP contribution in [-0.4, -0.2) is 40.1 Å². The van der Waals surface area contributed by atoms with Crippen LogP contribution in [0.15, 0.2) is 23.4 Å². The molecule has 20 heavy (non-hydrogen) atoms. The molecule has 0 aliphatic carbocycles. The van der Waals surface area contributed by atoms with E-state index in [1.54, 1.807) is 7.11 Å². The third-order valence-electron chi connectivity index (χ3n) is 3.00. The van der Waals surface area contributed by atoms with Crippen molar-refractivity contribution in [1.82, 2.24) is 9.55 Å². The van der Waals surface area contributed by atoms with Gasteiger partial charge in [-0.1, -0.05) is 23.9 Å². The Hall–Kier alpha value is -1.53. The van der Waals surface area contributed by atoms with Crippen molar-refractivity contribution >= 4 is 28.8 Å². The van der Waals surface area contributed by atoms with E-state index in [2.05, 4.69) is 9.55 Å². The number of carboxylic acids is 1. The highest BCUT2D eigenvalue weighted by Crippen LogP contribution is 2.26. The summed E-state index contributed by atoms with van der Waals surface area (Å²) in [6, 6.07) is 6.03. The molecule has 1 aromatic carbocycles. The van der Waals surface area contributed by atoms with Gasteiger partial charge in [-0.3, -0.25) is 4.79 Å². The summed E-state index contributed by atoms with van der Waals surface area (Å²) < 4.78 is 7.16. The first-order valence-electron chi connectivity index (χ1n) is 6.43. The summed E-state index contributed by atoms with van der Waals surface area (Å²) in [5, 5.41) is 9.59. The molecule has 108 valence electrons. The van der Waals surface area contributed by atoms with Gasteiger partial charge in [-0.25, -0.2) is 4.98 Å². The molecule has 2 rings (SSSR count). The zero-order chi connectivity index (χ0) is 14.5. The summed E-state index contributed by atoms with van der Waals surface area (Å²) in [7, 11) is 1.68. The normalized spacial score (nSPS) is 11.1. The van der Waals surface area contributed by atoms with Crippen LogP contribution < -0.4 is 0 Å². The van der Waals surface area contributed by atoms with Crippen LogP contribution in [0.3, 0.4) is 0 Å². The number of aliphatic carboxylic acids is 1. The largest absolute Gasteiger partial charge is 0.481 e. The standard InChI is InChI=1S/C14H18N2O3S/c1-10-5-3-6-11-13(10)15-14(20-9-12(17)18)16(11)7-4-8-19-2/h3,5-6H,4,7-9H2,1-2H3,(H,17,18). The van der Waals surface area contributed by atoms with Crippen molar-refractivity contribution in [2.75, 3.05) is 19.5 Å². The number of imidazole rings is 1. The molecular formula is C14H18N2O3S. The lowest BCUT2D eigenvalue weighted by molar-refractivity contribution is -0.133. The van der Waals surface area contributed by atoms with Crippen molar-refractivity contribution in [3.8, 4) is 0 Å². The van der Waals surface area contributed by atoms with Crippen molar-refractivity contribution in [2.24, 2.45) is 0 Å². The number of fused-ring (bicyclic) bond motifs is 1. The Bertz CT molecular complexity index is 610. The van der Waals surface area contributed by atoms with Gasteiger partial charge in [-0.15, -0.1) is 0 Å². The van der Waals surface area contributed by atoms with E-state index in [0.717, 1.165) is 34.7 Å². The Morgan fingerprint density at radius 3 is 3.00 bits per heavy atom. The van der Waals surface area contributed by atoms with E-state index in [-0.39, 0.29) is 5.75 Å². The van der Waals surface area contributed by atoms with Crippen molar-refractivity contribution < 1.29 is 14.6 Å². The monoisotopic (exact) mass is 294 g/mol. The fourth-order valence-corrected chi connectivity index (χ4v) is 2.84. The van der Waals surface area contributed by atoms with Crippen LogP contribution in [0.1, 0.15) is 12.0 Å². The second-order valence-corrected chi connectivity index (χ2v) is 5.46. The maximum atomic E-state index is 10.7. The van der Waals surface area contributed by atoms with Gasteiger partial charge in [0.1, 0.15) is 0 Å². The van der Waals surface area contributed by atoms with E-state index >= 15 is 0 Å². The minimum Gasteiger partial charge on any atom is -0.481 e. The van der Waals surface area contributed by atoms with Crippen LogP contribution in [0.4, 0.5) is 0 Å². The summed E-state index contributed by atoms with van der Waals surface area (Å²) in [5.41, 5.74) is 3.09. The SMILES string of the molecule is COCCCn1c(SCC(=O)O)nc2c(C)cccc21. The quantitative estimate of drug-likeness (QED) is 0.628. The van der Waals surface area contributed by atoms with E-state index < -0.39 is 5.97 Å². The van der Waals surface area contributed by atoms with E-state index in [1.807, 2.05) is 25.1 Å². The summed E-state index contributed by atoms with van der Waals surface area (Å²) in [4.78, 5) is 15.3. The van der Waals surface area contributed by atoms with Crippen LogP contribution in [0.25, 0.3) is 11.0 Å². The van der Waals surface area contributed by atoms with Gasteiger partial charge in [0.05, 0.1) is 16.8 Å². The first kappa shape index (κ1) is 14.9. The Labute approximate surface area is 121 Å². The fourth-order valence-electron chi connectivity index (χ4n) is 2.09. The molecule has 0 amide bonds. The average Bonchev–Trinajstić information content (AvgIpc) is 2.77. The van der Waals surface area contributed by atoms with Crippen molar-refractivity contribution in [2.45, 2.75) is 25.0 Å². The van der Waals surface area contributed by atoms with Gasteiger partial charge in [0.15, 0.2) is 5.16 Å². The van der Waals surface area contributed by atoms with E-state index in [9.17, 15) is 4.79 Å². The molecule has 1 heterocycles. The zero-order valence-corrected chi connectivity index (χ0v) is 12.4. The smallest absolute Gasteiger partial charge is 0.313 e. The topological polar surface area (TPSA) is 64.3 Å². The lowest BCUT2D eigenvalue weighted by atomic mass is 10.2. The number of aryl methyl sites for hydroxylation is 2. The van der Waals surface area contributed by atoms with Gasteiger partial charge in [0, 0.05) is 20.3 Å². The number of para-hydroxylation sites is 1. The third kappa shape index (κ3) is 3.32. The second-order valence-electron chi connectivity index (χ2n) is 4.52. The molecule has 0 bridgehead atoms. The zero-order valence-electron chi connectivity index (χ0n) is 11.6. The number of methoxy groups -OCH3 is 1. The number of carbonyl (C=O) groups is 1. The fraction of sp³-hybridized carbons (Fsp3) is 0.429. The molecule has 0 saturated heterocycles. The number of carboxylic acid groups (broad SMARTS) is 1. The summed E-state index contributed by atoms with van der Waals surface area (Å²) in [6.45, 7) is 3.46. The molecule has 2 aromatic rings. The number of rotatable bonds is 7. The van der Waals surface area contributed by atoms with Crippen LogP contribution in [0, 0.1) is 6.92 Å². The molecule has 0 fully saturated rings. The van der Waals surface area contributed by atoms with Gasteiger partial charge in [-0.05, 0) is 25.0 Å². The maximum Gasteiger partial charge on any atom is 0.313 e. The van der Waals surface area contributed by atoms with Crippen LogP contribution >= 0.6 is 11.8 Å². The lowest BCUT2D eigenvalue weighted by Crippen LogP contribution is -2.05. The van der Waals surface area contributed by atoms with Gasteiger partial charge in [0.2, 0.25) is 0 Å². The number of nitrogens with zero attached hydrogens (tertiary/aromatic N) is 2. The molecule has 0 saturated carbocycles. The van der Waals surface area contributed by atoms with Gasteiger partial charge < -0.3 is 14.4 Å². The Morgan fingerprint density at radius 2 is 2.30 bits per heavy atom. The van der Waals surface area contributed by atoms with E-state index in [1.165, 1.54) is 11.8 Å². The summed E-state index contributed by atoms with van der Waals surface area (Å²) >= 11 is 1.26. The molecule has 0 aliphatic heterocycles. The van der Waals surface area contributed by atoms with Crippen molar-refractivity contribution in [3.05, 3.63) is 23.8 Å². The number of hydrogen-bond acceptors (Lipinski definition) is 4. The lowest BCUT2D eigenvalue weighted by Gasteiger charge is -2.07. The average molecular weight is 294 g/mol. The molecule has 0 spiro atoms. The predicted octanol–water partition coefficient (Wildman–Crippen LogP) is 2.56. The van der Waals surface area contributed by atoms with E-state index in [0.29, 0.717) is 6.61 Å². The van der Waals surface area contributed by atoms with Crippen molar-refractivity contribution in [3.63, 3.8) is 0 Å². The number of benzene rings is 1. The molecule has 0 unspecified atom stereocenters. The number of ether oxygens (including phenoxy) is 1. The van der Waals surface area contributed by atoms with Gasteiger partial charge in [0.25, 0.3) is 0 Å². The minimum atomic E-state index is -0.831. The number of thioether (sulfide) groups is 1. The molecule has 0 aliphatic rings. The Kier molecular flexibility index (Phi) is 5.03. The highest BCUT2D eigenvalue weighted by Gasteiger charge is 2.13. The Balaban J connectivity index is 2.34. The third-order valence-corrected chi connectivity index (χ3v) is 3.96. The first-order valence-corrected chi connectivity index (χ1v) is 7.41. The molecular weight excluding hydrogens is 276 g/mol. The first-order chi connectivity index (χ1) is 9.63. The molecule has 0 radical (unpaired) electrons. The molecule has 1 aromatic heterocycles. The number of hydrogen-bond donors (Lipinski definition) is 1.